The summed E-state index contributed by atoms with van der Waals surface area (Å²) in [4.78, 5) is 21.7. The van der Waals surface area contributed by atoms with Gasteiger partial charge in [0, 0.05) is 34.8 Å². The number of halogens is 5. The van der Waals surface area contributed by atoms with Crippen LogP contribution in [0.3, 0.4) is 0 Å². The number of hydrogen-bond acceptors (Lipinski definition) is 7. The zero-order chi connectivity index (χ0) is 25.8. The van der Waals surface area contributed by atoms with Crippen molar-refractivity contribution in [3.8, 4) is 5.75 Å². The van der Waals surface area contributed by atoms with Crippen molar-refractivity contribution in [2.45, 2.75) is 74.7 Å². The van der Waals surface area contributed by atoms with Gasteiger partial charge in [0.2, 0.25) is 34.8 Å². The summed E-state index contributed by atoms with van der Waals surface area (Å²) in [5.41, 5.74) is 0. The van der Waals surface area contributed by atoms with Gasteiger partial charge in [-0.25, -0.2) is 13.2 Å². The number of rotatable bonds is 11. The Morgan fingerprint density at radius 3 is 1.63 bits per heavy atom. The Morgan fingerprint density at radius 2 is 1.20 bits per heavy atom. The van der Waals surface area contributed by atoms with E-state index in [2.05, 4.69) is 4.74 Å². The van der Waals surface area contributed by atoms with Crippen LogP contribution < -0.4 is 4.74 Å². The van der Waals surface area contributed by atoms with E-state index in [1.807, 2.05) is 21.6 Å². The Hall–Kier alpha value is -0.790. The van der Waals surface area contributed by atoms with Crippen LogP contribution in [-0.4, -0.2) is 39.1 Å². The monoisotopic (exact) mass is 578 g/mol. The molecule has 2 heterocycles. The summed E-state index contributed by atoms with van der Waals surface area (Å²) in [6, 6.07) is 0. The van der Waals surface area contributed by atoms with Crippen LogP contribution in [0.25, 0.3) is 0 Å². The van der Waals surface area contributed by atoms with Gasteiger partial charge in [-0.3, -0.25) is 9.59 Å². The van der Waals surface area contributed by atoms with E-state index in [0.717, 1.165) is 43.1 Å². The highest BCUT2D eigenvalue weighted by Gasteiger charge is 2.28. The van der Waals surface area contributed by atoms with E-state index in [0.29, 0.717) is 18.1 Å². The lowest BCUT2D eigenvalue weighted by Crippen LogP contribution is -2.13. The number of carboxylic acids is 1. The number of ether oxygens (including phenoxy) is 1. The fraction of sp³-hybridized carbons (Fsp3) is 0.636. The lowest BCUT2D eigenvalue weighted by Gasteiger charge is -2.09. The van der Waals surface area contributed by atoms with Gasteiger partial charge in [0.1, 0.15) is 0 Å². The number of benzene rings is 1. The predicted octanol–water partition coefficient (Wildman–Crippen LogP) is 7.79. The minimum absolute atomic E-state index is 0.149. The summed E-state index contributed by atoms with van der Waals surface area (Å²) >= 11 is 0. The number of carbonyl (C=O) groups is 2. The largest absolute Gasteiger partial charge is 0.481 e. The Morgan fingerprint density at radius 1 is 0.743 bits per heavy atom. The molecule has 2 atom stereocenters. The van der Waals surface area contributed by atoms with Crippen LogP contribution in [0.5, 0.6) is 5.75 Å². The summed E-state index contributed by atoms with van der Waals surface area (Å²) in [5.74, 6) is -11.7. The van der Waals surface area contributed by atoms with Crippen molar-refractivity contribution in [1.82, 2.24) is 0 Å². The Labute approximate surface area is 217 Å². The highest BCUT2D eigenvalue weighted by molar-refractivity contribution is 8.77. The van der Waals surface area contributed by atoms with Gasteiger partial charge in [0.05, 0.1) is 0 Å². The lowest BCUT2D eigenvalue weighted by atomic mass is 10.1. The minimum atomic E-state index is -2.29. The van der Waals surface area contributed by atoms with E-state index in [-0.39, 0.29) is 6.42 Å². The maximum atomic E-state index is 13.4. The molecule has 2 saturated heterocycles. The zero-order valence-electron chi connectivity index (χ0n) is 18.8. The summed E-state index contributed by atoms with van der Waals surface area (Å²) in [7, 11) is 7.51. The minimum Gasteiger partial charge on any atom is -0.481 e. The topological polar surface area (TPSA) is 63.6 Å². The van der Waals surface area contributed by atoms with E-state index in [4.69, 9.17) is 5.11 Å². The third kappa shape index (κ3) is 10.6. The van der Waals surface area contributed by atoms with Crippen LogP contribution in [0.4, 0.5) is 22.0 Å². The first-order valence-corrected chi connectivity index (χ1v) is 16.0. The molecule has 3 rings (SSSR count). The predicted molar refractivity (Wildman–Crippen MR) is 133 cm³/mol. The van der Waals surface area contributed by atoms with Gasteiger partial charge in [0.15, 0.2) is 0 Å². The maximum absolute atomic E-state index is 13.4. The zero-order valence-corrected chi connectivity index (χ0v) is 22.1. The average molecular weight is 579 g/mol. The van der Waals surface area contributed by atoms with Crippen molar-refractivity contribution >= 4 is 55.1 Å². The van der Waals surface area contributed by atoms with E-state index in [9.17, 15) is 31.5 Å². The number of aliphatic carboxylic acids is 1. The molecule has 1 aromatic rings. The molecular formula is C22H27F5O4S4. The molecule has 4 nitrogen and oxygen atoms in total. The van der Waals surface area contributed by atoms with Crippen molar-refractivity contribution in [2.24, 2.45) is 0 Å². The molecule has 2 fully saturated rings. The highest BCUT2D eigenvalue weighted by Crippen LogP contribution is 2.40. The van der Waals surface area contributed by atoms with E-state index < -0.39 is 46.8 Å². The second kappa shape index (κ2) is 16.1. The quantitative estimate of drug-likeness (QED) is 0.0543. The third-order valence-electron chi connectivity index (χ3n) is 5.16. The van der Waals surface area contributed by atoms with Crippen molar-refractivity contribution in [1.29, 1.82) is 0 Å². The first-order valence-electron chi connectivity index (χ1n) is 11.2. The number of hydrogen-bond donors (Lipinski definition) is 1. The molecule has 0 amide bonds. The summed E-state index contributed by atoms with van der Waals surface area (Å²) in [6.45, 7) is 0. The second-order valence-electron chi connectivity index (χ2n) is 7.92. The van der Waals surface area contributed by atoms with E-state index >= 15 is 0 Å². The van der Waals surface area contributed by atoms with Crippen molar-refractivity contribution in [2.75, 3.05) is 11.5 Å². The maximum Gasteiger partial charge on any atom is 0.311 e. The van der Waals surface area contributed by atoms with Gasteiger partial charge in [-0.2, -0.15) is 8.78 Å². The average Bonchev–Trinajstić information content (AvgIpc) is 3.55. The van der Waals surface area contributed by atoms with Gasteiger partial charge < -0.3 is 9.84 Å². The lowest BCUT2D eigenvalue weighted by molar-refractivity contribution is -0.137. The van der Waals surface area contributed by atoms with Crippen molar-refractivity contribution in [3.05, 3.63) is 29.1 Å². The normalized spacial score (nSPS) is 19.3. The fourth-order valence-corrected chi connectivity index (χ4v) is 9.31. The third-order valence-corrected chi connectivity index (χ3v) is 11.2. The number of unbranched alkanes of at least 4 members (excludes halogenated alkanes) is 2. The van der Waals surface area contributed by atoms with Crippen molar-refractivity contribution < 1.29 is 41.4 Å². The van der Waals surface area contributed by atoms with Gasteiger partial charge >= 0.3 is 11.9 Å². The molecule has 2 aliphatic rings. The highest BCUT2D eigenvalue weighted by atomic mass is 33.1. The Kier molecular flexibility index (Phi) is 14.0. The molecule has 13 heteroatoms. The standard InChI is InChI=1S/C14H13F5O2S2.C8H14O2S2/c15-9-10(16)12(18)14(13(19)11(9)17)21-8(20)4-2-1-3-7-5-6-22-23-7;9-8(10)4-2-1-3-7-5-6-11-12-7/h7H,1-6H2;7H,1-6H2,(H,9,10)/t2*7-/m11/s1. The molecule has 0 saturated carbocycles. The smallest absolute Gasteiger partial charge is 0.311 e. The van der Waals surface area contributed by atoms with Crippen LogP contribution in [0.1, 0.15) is 64.2 Å². The van der Waals surface area contributed by atoms with Gasteiger partial charge in [0.25, 0.3) is 0 Å². The molecule has 2 aliphatic heterocycles. The second-order valence-corrected chi connectivity index (χ2v) is 13.5. The molecule has 0 radical (unpaired) electrons. The summed E-state index contributed by atoms with van der Waals surface area (Å²) < 4.78 is 69.8. The molecule has 1 N–H and O–H groups in total. The first kappa shape index (κ1) is 30.4. The number of carboxylic acid groups (broad SMARTS) is 1. The molecule has 0 unspecified atom stereocenters. The summed E-state index contributed by atoms with van der Waals surface area (Å²) in [6.07, 6.45) is 7.78. The molecule has 0 aromatic heterocycles. The van der Waals surface area contributed by atoms with E-state index in [1.165, 1.54) is 18.6 Å². The van der Waals surface area contributed by atoms with Gasteiger partial charge in [-0.05, 0) is 38.5 Å². The van der Waals surface area contributed by atoms with Crippen LogP contribution in [0, 0.1) is 29.1 Å². The molecule has 0 bridgehead atoms. The number of esters is 1. The van der Waals surface area contributed by atoms with Crippen LogP contribution in [-0.2, 0) is 9.59 Å². The molecule has 0 spiro atoms. The van der Waals surface area contributed by atoms with Crippen LogP contribution >= 0.6 is 43.2 Å². The molecule has 1 aromatic carbocycles. The van der Waals surface area contributed by atoms with Gasteiger partial charge in [-0.1, -0.05) is 56.0 Å². The van der Waals surface area contributed by atoms with Gasteiger partial charge in [-0.15, -0.1) is 0 Å². The van der Waals surface area contributed by atoms with Crippen molar-refractivity contribution in [3.63, 3.8) is 0 Å². The Balaban J connectivity index is 0.000000303. The molecule has 35 heavy (non-hydrogen) atoms. The first-order chi connectivity index (χ1) is 16.7. The van der Waals surface area contributed by atoms with Crippen LogP contribution in [0.2, 0.25) is 0 Å². The van der Waals surface area contributed by atoms with E-state index in [1.54, 1.807) is 21.6 Å². The molecule has 0 aliphatic carbocycles. The summed E-state index contributed by atoms with van der Waals surface area (Å²) in [5, 5.41) is 9.72. The SMILES string of the molecule is O=C(CCCC[C@@H]1CCSS1)Oc1c(F)c(F)c(F)c(F)c1F.O=C(O)CCCC[C@@H]1CCSS1. The molecule has 198 valence electrons. The fourth-order valence-electron chi connectivity index (χ4n) is 3.26. The Bertz CT molecular complexity index is 821. The molecular weight excluding hydrogens is 551 g/mol. The number of carbonyl (C=O) groups excluding carboxylic acids is 1. The van der Waals surface area contributed by atoms with Crippen LogP contribution in [0.15, 0.2) is 0 Å².